The molecule has 1 rings (SSSR count). The smallest absolute Gasteiger partial charge is 0.407 e. The number of carbonyl (C=O) groups excluding carboxylic acids is 1. The highest BCUT2D eigenvalue weighted by atomic mass is 16.6. The Morgan fingerprint density at radius 2 is 1.78 bits per heavy atom. The van der Waals surface area contributed by atoms with E-state index in [4.69, 9.17) is 9.39 Å². The lowest BCUT2D eigenvalue weighted by molar-refractivity contribution is -0.0893. The summed E-state index contributed by atoms with van der Waals surface area (Å²) in [4.78, 5) is 11.6. The van der Waals surface area contributed by atoms with Crippen LogP contribution in [0.15, 0.2) is 24.3 Å². The number of alkyl carbamates (subject to hydrolysis) is 1. The van der Waals surface area contributed by atoms with Gasteiger partial charge in [0.2, 0.25) is 0 Å². The van der Waals surface area contributed by atoms with Crippen molar-refractivity contribution in [2.24, 2.45) is 0 Å². The van der Waals surface area contributed by atoms with Crippen molar-refractivity contribution in [3.63, 3.8) is 0 Å². The SMILES string of the molecule is CC(C)(C)OC(=O)NCCCNc1cccc(BOC(C)(C)C(C)(C)O)c1. The van der Waals surface area contributed by atoms with Crippen LogP contribution >= 0.6 is 0 Å². The number of hydrogen-bond acceptors (Lipinski definition) is 5. The molecule has 0 aromatic heterocycles. The Kier molecular flexibility index (Phi) is 8.17. The monoisotopic (exact) mass is 378 g/mol. The van der Waals surface area contributed by atoms with Crippen LogP contribution in [0.5, 0.6) is 0 Å². The van der Waals surface area contributed by atoms with Gasteiger partial charge >= 0.3 is 13.6 Å². The highest BCUT2D eigenvalue weighted by Gasteiger charge is 2.35. The van der Waals surface area contributed by atoms with Crippen LogP contribution in [0.1, 0.15) is 54.9 Å². The lowest BCUT2D eigenvalue weighted by atomic mass is 9.82. The van der Waals surface area contributed by atoms with E-state index in [1.165, 1.54) is 0 Å². The molecule has 0 aliphatic rings. The molecule has 6 nitrogen and oxygen atoms in total. The summed E-state index contributed by atoms with van der Waals surface area (Å²) < 4.78 is 11.1. The molecule has 0 fully saturated rings. The number of hydrogen-bond donors (Lipinski definition) is 3. The third-order valence-corrected chi connectivity index (χ3v) is 4.35. The summed E-state index contributed by atoms with van der Waals surface area (Å²) in [6.45, 7) is 14.1. The zero-order valence-corrected chi connectivity index (χ0v) is 17.8. The second-order valence-electron chi connectivity index (χ2n) is 8.77. The van der Waals surface area contributed by atoms with Gasteiger partial charge < -0.3 is 25.1 Å². The van der Waals surface area contributed by atoms with Crippen molar-refractivity contribution in [2.45, 2.75) is 71.7 Å². The van der Waals surface area contributed by atoms with E-state index in [-0.39, 0.29) is 0 Å². The first-order chi connectivity index (χ1) is 12.3. The standard InChI is InChI=1S/C20H35BN2O4/c1-18(2,3)26-17(24)23-13-9-12-22-16-11-8-10-15(14-16)21-27-20(6,7)19(4,5)25/h8,10-11,14,21-22,25H,9,12-13H2,1-7H3,(H,23,24). The summed E-state index contributed by atoms with van der Waals surface area (Å²) in [6, 6.07) is 7.99. The van der Waals surface area contributed by atoms with Gasteiger partial charge in [0.15, 0.2) is 0 Å². The maximum absolute atomic E-state index is 11.6. The van der Waals surface area contributed by atoms with Gasteiger partial charge in [-0.1, -0.05) is 17.6 Å². The van der Waals surface area contributed by atoms with E-state index in [0.717, 1.165) is 24.1 Å². The zero-order valence-electron chi connectivity index (χ0n) is 17.8. The van der Waals surface area contributed by atoms with E-state index in [9.17, 15) is 9.90 Å². The fourth-order valence-corrected chi connectivity index (χ4v) is 2.04. The number of aliphatic hydroxyl groups is 1. The van der Waals surface area contributed by atoms with Crippen molar-refractivity contribution in [3.05, 3.63) is 24.3 Å². The molecule has 0 radical (unpaired) electrons. The van der Waals surface area contributed by atoms with E-state index in [1.807, 2.05) is 58.9 Å². The van der Waals surface area contributed by atoms with Crippen LogP contribution in [0, 0.1) is 0 Å². The average molecular weight is 378 g/mol. The molecule has 7 heteroatoms. The summed E-state index contributed by atoms with van der Waals surface area (Å²) in [7, 11) is 0.423. The van der Waals surface area contributed by atoms with Gasteiger partial charge in [0.1, 0.15) is 5.60 Å². The average Bonchev–Trinajstić information content (AvgIpc) is 2.50. The largest absolute Gasteiger partial charge is 0.444 e. The molecule has 0 aliphatic carbocycles. The van der Waals surface area contributed by atoms with Crippen molar-refractivity contribution in [1.82, 2.24) is 5.32 Å². The summed E-state index contributed by atoms with van der Waals surface area (Å²) in [6.07, 6.45) is 0.391. The molecular weight excluding hydrogens is 343 g/mol. The number of carbonyl (C=O) groups is 1. The normalized spacial score (nSPS) is 12.4. The number of ether oxygens (including phenoxy) is 1. The van der Waals surface area contributed by atoms with Crippen LogP contribution in [-0.2, 0) is 9.39 Å². The Morgan fingerprint density at radius 3 is 2.37 bits per heavy atom. The Morgan fingerprint density at radius 1 is 1.11 bits per heavy atom. The molecule has 0 spiro atoms. The van der Waals surface area contributed by atoms with E-state index in [1.54, 1.807) is 13.8 Å². The van der Waals surface area contributed by atoms with Crippen LogP contribution in [0.25, 0.3) is 0 Å². The van der Waals surface area contributed by atoms with Gasteiger partial charge in [0.05, 0.1) is 11.2 Å². The molecule has 0 saturated carbocycles. The number of amides is 1. The fourth-order valence-electron chi connectivity index (χ4n) is 2.04. The van der Waals surface area contributed by atoms with E-state index < -0.39 is 22.9 Å². The van der Waals surface area contributed by atoms with Crippen LogP contribution in [0.4, 0.5) is 10.5 Å². The second kappa shape index (κ2) is 9.46. The molecule has 152 valence electrons. The quantitative estimate of drug-likeness (QED) is 0.455. The minimum Gasteiger partial charge on any atom is -0.444 e. The van der Waals surface area contributed by atoms with Crippen molar-refractivity contribution in [2.75, 3.05) is 18.4 Å². The predicted octanol–water partition coefficient (Wildman–Crippen LogP) is 2.56. The maximum atomic E-state index is 11.6. The molecular formula is C20H35BN2O4. The molecule has 0 heterocycles. The third-order valence-electron chi connectivity index (χ3n) is 4.35. The number of benzene rings is 1. The number of anilines is 1. The highest BCUT2D eigenvalue weighted by molar-refractivity contribution is 6.47. The predicted molar refractivity (Wildman–Crippen MR) is 112 cm³/mol. The molecule has 1 amide bonds. The molecule has 3 N–H and O–H groups in total. The Balaban J connectivity index is 2.37. The van der Waals surface area contributed by atoms with Gasteiger partial charge in [0.25, 0.3) is 0 Å². The highest BCUT2D eigenvalue weighted by Crippen LogP contribution is 2.24. The van der Waals surface area contributed by atoms with E-state index in [0.29, 0.717) is 14.0 Å². The van der Waals surface area contributed by atoms with Gasteiger partial charge in [-0.2, -0.15) is 0 Å². The topological polar surface area (TPSA) is 79.8 Å². The van der Waals surface area contributed by atoms with Crippen LogP contribution < -0.4 is 16.1 Å². The lowest BCUT2D eigenvalue weighted by Crippen LogP contribution is -2.49. The molecule has 0 bridgehead atoms. The van der Waals surface area contributed by atoms with Crippen molar-refractivity contribution >= 4 is 24.7 Å². The summed E-state index contributed by atoms with van der Waals surface area (Å²) >= 11 is 0. The first-order valence-corrected chi connectivity index (χ1v) is 9.46. The lowest BCUT2D eigenvalue weighted by Gasteiger charge is -2.37. The minimum absolute atomic E-state index is 0.393. The summed E-state index contributed by atoms with van der Waals surface area (Å²) in [5.41, 5.74) is -0.0306. The van der Waals surface area contributed by atoms with Crippen LogP contribution in [-0.4, -0.2) is 48.6 Å². The van der Waals surface area contributed by atoms with Gasteiger partial charge in [-0.3, -0.25) is 0 Å². The van der Waals surface area contributed by atoms with E-state index >= 15 is 0 Å². The van der Waals surface area contributed by atoms with Crippen molar-refractivity contribution < 1.29 is 19.3 Å². The fraction of sp³-hybridized carbons (Fsp3) is 0.650. The molecule has 0 unspecified atom stereocenters. The van der Waals surface area contributed by atoms with Gasteiger partial charge in [-0.25, -0.2) is 4.79 Å². The molecule has 1 aromatic rings. The number of nitrogens with one attached hydrogen (secondary N) is 2. The summed E-state index contributed by atoms with van der Waals surface area (Å²) in [5.74, 6) is 0. The molecule has 0 saturated heterocycles. The van der Waals surface area contributed by atoms with E-state index in [2.05, 4.69) is 10.6 Å². The second-order valence-corrected chi connectivity index (χ2v) is 8.77. The van der Waals surface area contributed by atoms with Crippen molar-refractivity contribution in [1.29, 1.82) is 0 Å². The maximum Gasteiger partial charge on any atom is 0.407 e. The van der Waals surface area contributed by atoms with Crippen LogP contribution in [0.3, 0.4) is 0 Å². The third kappa shape index (κ3) is 9.15. The zero-order chi connectivity index (χ0) is 20.7. The van der Waals surface area contributed by atoms with Crippen molar-refractivity contribution in [3.8, 4) is 0 Å². The summed E-state index contributed by atoms with van der Waals surface area (Å²) in [5, 5.41) is 16.3. The Bertz CT molecular complexity index is 607. The number of rotatable bonds is 9. The van der Waals surface area contributed by atoms with Gasteiger partial charge in [-0.15, -0.1) is 0 Å². The van der Waals surface area contributed by atoms with Gasteiger partial charge in [0, 0.05) is 18.8 Å². The van der Waals surface area contributed by atoms with Gasteiger partial charge in [-0.05, 0) is 67.0 Å². The molecule has 0 atom stereocenters. The first-order valence-electron chi connectivity index (χ1n) is 9.46. The Labute approximate surface area is 164 Å². The molecule has 27 heavy (non-hydrogen) atoms. The molecule has 0 aliphatic heterocycles. The minimum atomic E-state index is -0.927. The molecule has 1 aromatic carbocycles. The van der Waals surface area contributed by atoms with Crippen LogP contribution in [0.2, 0.25) is 0 Å². The first kappa shape index (κ1) is 23.3. The Hall–Kier alpha value is -1.73.